The van der Waals surface area contributed by atoms with Crippen LogP contribution in [0.4, 0.5) is 5.69 Å². The van der Waals surface area contributed by atoms with Gasteiger partial charge in [-0.25, -0.2) is 0 Å². The van der Waals surface area contributed by atoms with E-state index in [4.69, 9.17) is 14.2 Å². The van der Waals surface area contributed by atoms with Crippen LogP contribution in [0.2, 0.25) is 0 Å². The number of benzene rings is 2. The van der Waals surface area contributed by atoms with Gasteiger partial charge in [0.05, 0.1) is 21.3 Å². The van der Waals surface area contributed by atoms with Crippen LogP contribution in [0.3, 0.4) is 0 Å². The fraction of sp³-hybridized carbons (Fsp3) is 0.316. The number of para-hydroxylation sites is 1. The second-order valence-corrected chi connectivity index (χ2v) is 6.11. The van der Waals surface area contributed by atoms with E-state index in [1.54, 1.807) is 21.3 Å². The summed E-state index contributed by atoms with van der Waals surface area (Å²) in [7, 11) is 4.75. The maximum absolute atomic E-state index is 13.1. The third-order valence-electron chi connectivity index (χ3n) is 4.99. The number of hydrogen-bond acceptors (Lipinski definition) is 5. The van der Waals surface area contributed by atoms with Gasteiger partial charge >= 0.3 is 0 Å². The first-order valence-electron chi connectivity index (χ1n) is 8.15. The molecule has 2 aliphatic rings. The van der Waals surface area contributed by atoms with Gasteiger partial charge in [0.2, 0.25) is 5.75 Å². The molecule has 1 amide bonds. The van der Waals surface area contributed by atoms with Crippen LogP contribution in [0.25, 0.3) is 0 Å². The summed E-state index contributed by atoms with van der Waals surface area (Å²) in [6.45, 7) is 0.674. The minimum Gasteiger partial charge on any atom is -0.493 e. The van der Waals surface area contributed by atoms with Gasteiger partial charge in [0, 0.05) is 23.4 Å². The largest absolute Gasteiger partial charge is 0.493 e. The molecule has 6 heteroatoms. The van der Waals surface area contributed by atoms with Crippen molar-refractivity contribution in [2.75, 3.05) is 33.2 Å². The zero-order valence-electron chi connectivity index (χ0n) is 14.4. The number of amides is 1. The Morgan fingerprint density at radius 2 is 1.80 bits per heavy atom. The van der Waals surface area contributed by atoms with Crippen LogP contribution >= 0.6 is 0 Å². The zero-order valence-corrected chi connectivity index (χ0v) is 14.4. The number of methoxy groups -OCH3 is 3. The Labute approximate surface area is 146 Å². The van der Waals surface area contributed by atoms with Crippen molar-refractivity contribution < 1.29 is 19.0 Å². The first kappa shape index (κ1) is 15.8. The Bertz CT molecular complexity index is 865. The molecule has 130 valence electrons. The third kappa shape index (κ3) is 1.97. The van der Waals surface area contributed by atoms with Gasteiger partial charge in [-0.05, 0) is 24.1 Å². The van der Waals surface area contributed by atoms with Crippen molar-refractivity contribution in [1.29, 1.82) is 0 Å². The highest BCUT2D eigenvalue weighted by Crippen LogP contribution is 2.52. The second kappa shape index (κ2) is 5.67. The highest BCUT2D eigenvalue weighted by molar-refractivity contribution is 6.09. The maximum atomic E-state index is 13.1. The van der Waals surface area contributed by atoms with Crippen LogP contribution in [0.5, 0.6) is 17.2 Å². The molecule has 1 unspecified atom stereocenters. The average molecular weight is 340 g/mol. The predicted molar refractivity (Wildman–Crippen MR) is 93.7 cm³/mol. The molecule has 0 fully saturated rings. The summed E-state index contributed by atoms with van der Waals surface area (Å²) in [6.07, 6.45) is 0.767. The van der Waals surface area contributed by atoms with Crippen molar-refractivity contribution in [3.8, 4) is 17.2 Å². The Kier molecular flexibility index (Phi) is 3.58. The highest BCUT2D eigenvalue weighted by atomic mass is 16.5. The van der Waals surface area contributed by atoms with Crippen molar-refractivity contribution in [3.63, 3.8) is 0 Å². The van der Waals surface area contributed by atoms with Crippen LogP contribution in [-0.2, 0) is 16.8 Å². The number of anilines is 1. The van der Waals surface area contributed by atoms with E-state index in [0.29, 0.717) is 23.8 Å². The molecule has 25 heavy (non-hydrogen) atoms. The molecule has 1 spiro atoms. The standard InChI is InChI=1S/C19H20N2O4/c1-23-14-10-11-8-9-20-19(15(11)17(25-3)16(14)24-2)12-6-4-5-7-13(12)21-18(19)22/h4-7,10,20H,8-9H2,1-3H3,(H,21,22). The van der Waals surface area contributed by atoms with Gasteiger partial charge in [0.15, 0.2) is 17.0 Å². The predicted octanol–water partition coefficient (Wildman–Crippen LogP) is 2.05. The van der Waals surface area contributed by atoms with Crippen LogP contribution in [0, 0.1) is 0 Å². The Morgan fingerprint density at radius 1 is 1.04 bits per heavy atom. The summed E-state index contributed by atoms with van der Waals surface area (Å²) in [5.41, 5.74) is 2.52. The van der Waals surface area contributed by atoms with Crippen molar-refractivity contribution in [2.24, 2.45) is 0 Å². The monoisotopic (exact) mass is 340 g/mol. The fourth-order valence-corrected chi connectivity index (χ4v) is 3.97. The summed E-state index contributed by atoms with van der Waals surface area (Å²) in [5.74, 6) is 1.50. The van der Waals surface area contributed by atoms with Crippen LogP contribution in [0.1, 0.15) is 16.7 Å². The average Bonchev–Trinajstić information content (AvgIpc) is 2.92. The van der Waals surface area contributed by atoms with Gasteiger partial charge in [-0.15, -0.1) is 0 Å². The number of carbonyl (C=O) groups excluding carboxylic acids is 1. The van der Waals surface area contributed by atoms with Gasteiger partial charge < -0.3 is 19.5 Å². The number of rotatable bonds is 3. The van der Waals surface area contributed by atoms with Gasteiger partial charge in [0.25, 0.3) is 5.91 Å². The second-order valence-electron chi connectivity index (χ2n) is 6.11. The third-order valence-corrected chi connectivity index (χ3v) is 4.99. The molecule has 2 heterocycles. The number of nitrogens with one attached hydrogen (secondary N) is 2. The number of fused-ring (bicyclic) bond motifs is 4. The van der Waals surface area contributed by atoms with E-state index in [2.05, 4.69) is 10.6 Å². The molecule has 0 aromatic heterocycles. The number of carbonyl (C=O) groups is 1. The van der Waals surface area contributed by atoms with E-state index in [-0.39, 0.29) is 5.91 Å². The van der Waals surface area contributed by atoms with Crippen LogP contribution in [-0.4, -0.2) is 33.8 Å². The lowest BCUT2D eigenvalue weighted by atomic mass is 9.77. The van der Waals surface area contributed by atoms with Gasteiger partial charge in [-0.2, -0.15) is 0 Å². The fourth-order valence-electron chi connectivity index (χ4n) is 3.97. The summed E-state index contributed by atoms with van der Waals surface area (Å²) < 4.78 is 16.7. The molecule has 6 nitrogen and oxygen atoms in total. The van der Waals surface area contributed by atoms with Crippen molar-refractivity contribution in [1.82, 2.24) is 5.32 Å². The lowest BCUT2D eigenvalue weighted by Gasteiger charge is -2.37. The van der Waals surface area contributed by atoms with Gasteiger partial charge in [-0.3, -0.25) is 10.1 Å². The quantitative estimate of drug-likeness (QED) is 0.895. The van der Waals surface area contributed by atoms with E-state index < -0.39 is 5.54 Å². The molecular formula is C19H20N2O4. The van der Waals surface area contributed by atoms with E-state index in [1.165, 1.54) is 0 Å². The van der Waals surface area contributed by atoms with Crippen LogP contribution in [0.15, 0.2) is 30.3 Å². The van der Waals surface area contributed by atoms with E-state index in [9.17, 15) is 4.79 Å². The molecule has 2 aromatic carbocycles. The maximum Gasteiger partial charge on any atom is 0.254 e. The molecule has 0 saturated heterocycles. The lowest BCUT2D eigenvalue weighted by Crippen LogP contribution is -2.53. The Morgan fingerprint density at radius 3 is 2.52 bits per heavy atom. The number of ether oxygens (including phenoxy) is 3. The Balaban J connectivity index is 2.08. The lowest BCUT2D eigenvalue weighted by molar-refractivity contribution is -0.120. The molecule has 4 rings (SSSR count). The topological polar surface area (TPSA) is 68.8 Å². The molecular weight excluding hydrogens is 320 g/mol. The van der Waals surface area contributed by atoms with E-state index in [1.807, 2.05) is 30.3 Å². The van der Waals surface area contributed by atoms with Gasteiger partial charge in [0.1, 0.15) is 0 Å². The summed E-state index contributed by atoms with van der Waals surface area (Å²) in [5, 5.41) is 6.42. The first-order valence-corrected chi connectivity index (χ1v) is 8.15. The molecule has 0 bridgehead atoms. The Hall–Kier alpha value is -2.73. The zero-order chi connectivity index (χ0) is 17.6. The smallest absolute Gasteiger partial charge is 0.254 e. The first-order chi connectivity index (χ1) is 12.2. The minimum absolute atomic E-state index is 0.111. The highest BCUT2D eigenvalue weighted by Gasteiger charge is 2.53. The molecule has 0 radical (unpaired) electrons. The SMILES string of the molecule is COc1cc2c(c(OC)c1OC)C1(NCC2)C(=O)Nc2ccccc21. The summed E-state index contributed by atoms with van der Waals surface area (Å²) >= 11 is 0. The van der Waals surface area contributed by atoms with Crippen molar-refractivity contribution >= 4 is 11.6 Å². The van der Waals surface area contributed by atoms with Crippen molar-refractivity contribution in [2.45, 2.75) is 12.0 Å². The molecule has 2 N–H and O–H groups in total. The molecule has 0 saturated carbocycles. The van der Waals surface area contributed by atoms with E-state index in [0.717, 1.165) is 28.8 Å². The van der Waals surface area contributed by atoms with E-state index >= 15 is 0 Å². The molecule has 1 atom stereocenters. The molecule has 2 aliphatic heterocycles. The summed E-state index contributed by atoms with van der Waals surface area (Å²) in [4.78, 5) is 13.1. The normalized spacial score (nSPS) is 20.7. The van der Waals surface area contributed by atoms with Crippen molar-refractivity contribution in [3.05, 3.63) is 47.0 Å². The molecule has 0 aliphatic carbocycles. The van der Waals surface area contributed by atoms with Gasteiger partial charge in [-0.1, -0.05) is 18.2 Å². The number of hydrogen-bond donors (Lipinski definition) is 2. The van der Waals surface area contributed by atoms with Crippen LogP contribution < -0.4 is 24.8 Å². The summed E-state index contributed by atoms with van der Waals surface area (Å²) in [6, 6.07) is 9.65. The minimum atomic E-state index is -0.991. The molecule has 2 aromatic rings.